The number of sulfonamides is 1. The first kappa shape index (κ1) is 21.4. The fourth-order valence-electron chi connectivity index (χ4n) is 3.95. The summed E-state index contributed by atoms with van der Waals surface area (Å²) in [6, 6.07) is 19.7. The molecule has 1 fully saturated rings. The van der Waals surface area contributed by atoms with E-state index in [0.717, 1.165) is 27.8 Å². The van der Waals surface area contributed by atoms with Crippen molar-refractivity contribution in [2.24, 2.45) is 0 Å². The van der Waals surface area contributed by atoms with Gasteiger partial charge < -0.3 is 4.74 Å². The molecule has 0 aliphatic carbocycles. The van der Waals surface area contributed by atoms with E-state index in [0.29, 0.717) is 16.3 Å². The molecule has 1 saturated heterocycles. The average molecular weight is 456 g/mol. The number of rotatable bonds is 4. The summed E-state index contributed by atoms with van der Waals surface area (Å²) in [6.45, 7) is 2.00. The van der Waals surface area contributed by atoms with Crippen LogP contribution in [0, 0.1) is 6.92 Å². The van der Waals surface area contributed by atoms with Crippen molar-refractivity contribution in [2.45, 2.75) is 19.3 Å². The first-order chi connectivity index (χ1) is 14.8. The molecule has 0 spiro atoms. The minimum absolute atomic E-state index is 0.107. The van der Waals surface area contributed by atoms with E-state index in [1.165, 1.54) is 0 Å². The lowest BCUT2D eigenvalue weighted by Crippen LogP contribution is -2.40. The molecule has 1 aliphatic heterocycles. The van der Waals surface area contributed by atoms with Crippen LogP contribution < -0.4 is 9.46 Å². The zero-order chi connectivity index (χ0) is 22.2. The number of hydrogen-bond donors (Lipinski definition) is 1. The summed E-state index contributed by atoms with van der Waals surface area (Å²) in [5.74, 6) is -0.521. The Morgan fingerprint density at radius 3 is 2.45 bits per heavy atom. The molecule has 31 heavy (non-hydrogen) atoms. The second-order valence-corrected chi connectivity index (χ2v) is 9.90. The number of ether oxygens (including phenoxy) is 1. The molecule has 160 valence electrons. The molecule has 1 amide bonds. The van der Waals surface area contributed by atoms with Crippen LogP contribution in [-0.4, -0.2) is 27.2 Å². The number of benzene rings is 3. The van der Waals surface area contributed by atoms with Crippen molar-refractivity contribution in [1.29, 1.82) is 0 Å². The molecule has 1 heterocycles. The lowest BCUT2D eigenvalue weighted by molar-refractivity contribution is -0.119. The largest absolute Gasteiger partial charge is 0.496 e. The Balaban J connectivity index is 1.71. The molecule has 1 aliphatic rings. The lowest BCUT2D eigenvalue weighted by atomic mass is 9.92. The summed E-state index contributed by atoms with van der Waals surface area (Å²) in [5.41, 5.74) is 5.67. The Kier molecular flexibility index (Phi) is 5.77. The van der Waals surface area contributed by atoms with Gasteiger partial charge in [-0.05, 0) is 52.9 Å². The fourth-order valence-corrected chi connectivity index (χ4v) is 5.64. The lowest BCUT2D eigenvalue weighted by Gasteiger charge is -2.24. The van der Waals surface area contributed by atoms with Crippen LogP contribution in [0.1, 0.15) is 23.5 Å². The van der Waals surface area contributed by atoms with Crippen LogP contribution in [0.3, 0.4) is 0 Å². The first-order valence-electron chi connectivity index (χ1n) is 9.84. The summed E-state index contributed by atoms with van der Waals surface area (Å²) >= 11 is 6.45. The van der Waals surface area contributed by atoms with Gasteiger partial charge in [0.05, 0.1) is 12.9 Å². The Morgan fingerprint density at radius 1 is 1.00 bits per heavy atom. The number of methoxy groups -OCH3 is 1. The van der Waals surface area contributed by atoms with Gasteiger partial charge in [0.2, 0.25) is 15.9 Å². The quantitative estimate of drug-likeness (QED) is 0.605. The topological polar surface area (TPSA) is 72.5 Å². The SMILES string of the molecule is COc1cc(-c2cccc(-c3ccc(C)cc3Cl)c2)ccc1C1CC(=O)NS(=O)(=O)C1. The standard InChI is InChI=1S/C24H22ClNO4S/c1-15-6-8-20(22(25)10-15)18-5-3-4-16(11-18)17-7-9-21(23(12-17)30-2)19-13-24(27)26-31(28,29)14-19/h3-12,19H,13-14H2,1-2H3,(H,26,27). The minimum Gasteiger partial charge on any atom is -0.496 e. The zero-order valence-electron chi connectivity index (χ0n) is 17.2. The molecular formula is C24H22ClNO4S. The second-order valence-electron chi connectivity index (χ2n) is 7.73. The zero-order valence-corrected chi connectivity index (χ0v) is 18.8. The molecule has 1 N–H and O–H groups in total. The molecule has 3 aromatic rings. The second kappa shape index (κ2) is 8.36. The van der Waals surface area contributed by atoms with Crippen molar-refractivity contribution in [3.63, 3.8) is 0 Å². The van der Waals surface area contributed by atoms with Crippen molar-refractivity contribution < 1.29 is 17.9 Å². The summed E-state index contributed by atoms with van der Waals surface area (Å²) in [5, 5.41) is 0.696. The Hall–Kier alpha value is -2.83. The van der Waals surface area contributed by atoms with E-state index < -0.39 is 21.8 Å². The molecule has 3 aromatic carbocycles. The molecule has 1 unspecified atom stereocenters. The molecule has 1 atom stereocenters. The van der Waals surface area contributed by atoms with Crippen LogP contribution >= 0.6 is 11.6 Å². The third kappa shape index (κ3) is 4.60. The van der Waals surface area contributed by atoms with Gasteiger partial charge in [0.25, 0.3) is 0 Å². The smallest absolute Gasteiger partial charge is 0.235 e. The number of aryl methyl sites for hydroxylation is 1. The van der Waals surface area contributed by atoms with Crippen LogP contribution in [0.2, 0.25) is 5.02 Å². The first-order valence-corrected chi connectivity index (χ1v) is 11.9. The van der Waals surface area contributed by atoms with Gasteiger partial charge in [-0.25, -0.2) is 8.42 Å². The maximum absolute atomic E-state index is 12.0. The van der Waals surface area contributed by atoms with Crippen LogP contribution in [0.4, 0.5) is 0 Å². The highest BCUT2D eigenvalue weighted by Crippen LogP contribution is 2.37. The Labute approximate surface area is 187 Å². The van der Waals surface area contributed by atoms with E-state index >= 15 is 0 Å². The van der Waals surface area contributed by atoms with Gasteiger partial charge >= 0.3 is 0 Å². The summed E-state index contributed by atoms with van der Waals surface area (Å²) in [6.07, 6.45) is 0.107. The van der Waals surface area contributed by atoms with Gasteiger partial charge in [0.15, 0.2) is 0 Å². The summed E-state index contributed by atoms with van der Waals surface area (Å²) in [7, 11) is -2.08. The average Bonchev–Trinajstić information content (AvgIpc) is 2.72. The van der Waals surface area contributed by atoms with Crippen LogP contribution in [0.25, 0.3) is 22.3 Å². The van der Waals surface area contributed by atoms with Crippen LogP contribution in [0.5, 0.6) is 5.75 Å². The van der Waals surface area contributed by atoms with Crippen molar-refractivity contribution >= 4 is 27.5 Å². The normalized spacial score (nSPS) is 17.8. The number of carbonyl (C=O) groups excluding carboxylic acids is 1. The Bertz CT molecular complexity index is 1270. The molecule has 7 heteroatoms. The van der Waals surface area contributed by atoms with Crippen LogP contribution in [-0.2, 0) is 14.8 Å². The number of nitrogens with one attached hydrogen (secondary N) is 1. The van der Waals surface area contributed by atoms with E-state index in [9.17, 15) is 13.2 Å². The molecule has 4 rings (SSSR count). The summed E-state index contributed by atoms with van der Waals surface area (Å²) in [4.78, 5) is 11.8. The highest BCUT2D eigenvalue weighted by molar-refractivity contribution is 7.90. The van der Waals surface area contributed by atoms with E-state index in [2.05, 4.69) is 6.07 Å². The minimum atomic E-state index is -3.63. The molecule has 0 aromatic heterocycles. The predicted octanol–water partition coefficient (Wildman–Crippen LogP) is 4.92. The van der Waals surface area contributed by atoms with Crippen molar-refractivity contribution in [1.82, 2.24) is 4.72 Å². The van der Waals surface area contributed by atoms with E-state index in [4.69, 9.17) is 16.3 Å². The van der Waals surface area contributed by atoms with Gasteiger partial charge in [-0.3, -0.25) is 9.52 Å². The van der Waals surface area contributed by atoms with Crippen molar-refractivity contribution in [3.8, 4) is 28.0 Å². The predicted molar refractivity (Wildman–Crippen MR) is 123 cm³/mol. The number of hydrogen-bond acceptors (Lipinski definition) is 4. The molecule has 0 bridgehead atoms. The third-order valence-corrected chi connectivity index (χ3v) is 7.12. The summed E-state index contributed by atoms with van der Waals surface area (Å²) < 4.78 is 31.5. The fraction of sp³-hybridized carbons (Fsp3) is 0.208. The van der Waals surface area contributed by atoms with Gasteiger partial charge in [-0.1, -0.05) is 54.1 Å². The highest BCUT2D eigenvalue weighted by atomic mass is 35.5. The third-order valence-electron chi connectivity index (χ3n) is 5.43. The van der Waals surface area contributed by atoms with Gasteiger partial charge in [-0.15, -0.1) is 0 Å². The van der Waals surface area contributed by atoms with Gasteiger partial charge in [-0.2, -0.15) is 0 Å². The number of amides is 1. The van der Waals surface area contributed by atoms with E-state index in [1.54, 1.807) is 7.11 Å². The van der Waals surface area contributed by atoms with E-state index in [1.807, 2.05) is 66.2 Å². The highest BCUT2D eigenvalue weighted by Gasteiger charge is 2.32. The monoisotopic (exact) mass is 455 g/mol. The van der Waals surface area contributed by atoms with Gasteiger partial charge in [0, 0.05) is 22.9 Å². The molecule has 0 radical (unpaired) electrons. The van der Waals surface area contributed by atoms with Crippen molar-refractivity contribution in [3.05, 3.63) is 76.8 Å². The molecule has 0 saturated carbocycles. The Morgan fingerprint density at radius 2 is 1.74 bits per heavy atom. The van der Waals surface area contributed by atoms with E-state index in [-0.39, 0.29) is 12.2 Å². The number of halogens is 1. The maximum atomic E-state index is 12.0. The molecular weight excluding hydrogens is 434 g/mol. The maximum Gasteiger partial charge on any atom is 0.235 e. The molecule has 5 nitrogen and oxygen atoms in total. The van der Waals surface area contributed by atoms with Gasteiger partial charge in [0.1, 0.15) is 5.75 Å². The number of carbonyl (C=O) groups is 1. The van der Waals surface area contributed by atoms with Crippen LogP contribution in [0.15, 0.2) is 60.7 Å². The van der Waals surface area contributed by atoms with Crippen molar-refractivity contribution in [2.75, 3.05) is 12.9 Å².